The fourth-order valence-corrected chi connectivity index (χ4v) is 6.34. The second-order valence-electron chi connectivity index (χ2n) is 6.41. The second kappa shape index (κ2) is 6.57. The van der Waals surface area contributed by atoms with Crippen molar-refractivity contribution < 1.29 is 13.2 Å². The molecular formula is C16H20ClN3O3S2. The van der Waals surface area contributed by atoms with E-state index in [1.165, 1.54) is 11.3 Å². The highest BCUT2D eigenvalue weighted by atomic mass is 35.5. The predicted molar refractivity (Wildman–Crippen MR) is 102 cm³/mol. The highest BCUT2D eigenvalue weighted by molar-refractivity contribution is 7.90. The molecule has 1 aromatic heterocycles. The lowest BCUT2D eigenvalue weighted by molar-refractivity contribution is 0.419. The van der Waals surface area contributed by atoms with Crippen molar-refractivity contribution in [2.75, 3.05) is 38.2 Å². The number of rotatable bonds is 4. The SMILES string of the molecule is COc1ccc(Cl)c2sc(N3CCCN(S(=O)(=O)C4CC4)CC3)nc12. The first kappa shape index (κ1) is 17.3. The molecule has 2 aromatic rings. The van der Waals surface area contributed by atoms with Gasteiger partial charge < -0.3 is 9.64 Å². The molecule has 1 aromatic carbocycles. The number of thiazole rings is 1. The fourth-order valence-electron chi connectivity index (χ4n) is 3.16. The fraction of sp³-hybridized carbons (Fsp3) is 0.562. The van der Waals surface area contributed by atoms with Crippen LogP contribution < -0.4 is 9.64 Å². The molecule has 0 amide bonds. The van der Waals surface area contributed by atoms with Crippen LogP contribution in [0, 0.1) is 0 Å². The van der Waals surface area contributed by atoms with Crippen molar-refractivity contribution in [2.45, 2.75) is 24.5 Å². The van der Waals surface area contributed by atoms with Crippen molar-refractivity contribution in [3.8, 4) is 5.75 Å². The summed E-state index contributed by atoms with van der Waals surface area (Å²) in [6.45, 7) is 2.53. The molecule has 0 N–H and O–H groups in total. The molecule has 0 bridgehead atoms. The number of benzene rings is 1. The van der Waals surface area contributed by atoms with Gasteiger partial charge in [0.05, 0.1) is 22.1 Å². The lowest BCUT2D eigenvalue weighted by atomic mass is 10.3. The summed E-state index contributed by atoms with van der Waals surface area (Å²) in [6, 6.07) is 3.64. The molecule has 0 unspecified atom stereocenters. The van der Waals surface area contributed by atoms with E-state index in [2.05, 4.69) is 4.90 Å². The molecule has 1 saturated heterocycles. The standard InChI is InChI=1S/C16H20ClN3O3S2/c1-23-13-6-5-12(17)15-14(13)18-16(24-15)19-7-2-8-20(10-9-19)25(21,22)11-3-4-11/h5-6,11H,2-4,7-10H2,1H3. The number of hydrogen-bond acceptors (Lipinski definition) is 6. The minimum absolute atomic E-state index is 0.149. The van der Waals surface area contributed by atoms with Gasteiger partial charge in [-0.15, -0.1) is 0 Å². The topological polar surface area (TPSA) is 62.7 Å². The number of hydrogen-bond donors (Lipinski definition) is 0. The molecule has 2 fully saturated rings. The highest BCUT2D eigenvalue weighted by Gasteiger charge is 2.40. The third kappa shape index (κ3) is 3.20. The number of nitrogens with zero attached hydrogens (tertiary/aromatic N) is 3. The Morgan fingerprint density at radius 3 is 2.76 bits per heavy atom. The lowest BCUT2D eigenvalue weighted by Gasteiger charge is -2.21. The van der Waals surface area contributed by atoms with E-state index in [0.717, 1.165) is 41.2 Å². The summed E-state index contributed by atoms with van der Waals surface area (Å²) in [6.07, 6.45) is 2.41. The molecule has 4 rings (SSSR count). The minimum Gasteiger partial charge on any atom is -0.494 e. The Morgan fingerprint density at radius 1 is 1.24 bits per heavy atom. The zero-order valence-corrected chi connectivity index (χ0v) is 16.3. The second-order valence-corrected chi connectivity index (χ2v) is 10.0. The third-order valence-electron chi connectivity index (χ3n) is 4.70. The van der Waals surface area contributed by atoms with Crippen molar-refractivity contribution in [3.05, 3.63) is 17.2 Å². The van der Waals surface area contributed by atoms with Gasteiger partial charge in [-0.25, -0.2) is 13.4 Å². The van der Waals surface area contributed by atoms with Crippen molar-refractivity contribution in [2.24, 2.45) is 0 Å². The van der Waals surface area contributed by atoms with Crippen molar-refractivity contribution in [1.29, 1.82) is 0 Å². The first-order valence-corrected chi connectivity index (χ1v) is 11.1. The van der Waals surface area contributed by atoms with E-state index in [4.69, 9.17) is 21.3 Å². The zero-order valence-electron chi connectivity index (χ0n) is 13.9. The quantitative estimate of drug-likeness (QED) is 0.788. The molecule has 9 heteroatoms. The molecule has 136 valence electrons. The van der Waals surface area contributed by atoms with Crippen LogP contribution in [-0.2, 0) is 10.0 Å². The summed E-state index contributed by atoms with van der Waals surface area (Å²) < 4.78 is 32.9. The molecule has 0 radical (unpaired) electrons. The smallest absolute Gasteiger partial charge is 0.217 e. The van der Waals surface area contributed by atoms with Crippen molar-refractivity contribution in [3.63, 3.8) is 0 Å². The highest BCUT2D eigenvalue weighted by Crippen LogP contribution is 2.39. The van der Waals surface area contributed by atoms with Crippen LogP contribution in [0.15, 0.2) is 12.1 Å². The number of halogens is 1. The van der Waals surface area contributed by atoms with Gasteiger partial charge in [0.25, 0.3) is 0 Å². The molecule has 25 heavy (non-hydrogen) atoms. The van der Waals surface area contributed by atoms with E-state index < -0.39 is 10.0 Å². The largest absolute Gasteiger partial charge is 0.494 e. The van der Waals surface area contributed by atoms with Crippen LogP contribution in [0.5, 0.6) is 5.75 Å². The summed E-state index contributed by atoms with van der Waals surface area (Å²) >= 11 is 7.84. The lowest BCUT2D eigenvalue weighted by Crippen LogP contribution is -2.37. The molecule has 2 aliphatic rings. The van der Waals surface area contributed by atoms with Crippen LogP contribution in [0.25, 0.3) is 10.2 Å². The molecule has 6 nitrogen and oxygen atoms in total. The van der Waals surface area contributed by atoms with Gasteiger partial charge in [0.1, 0.15) is 11.3 Å². The Morgan fingerprint density at radius 2 is 2.04 bits per heavy atom. The Labute approximate surface area is 156 Å². The van der Waals surface area contributed by atoms with Crippen LogP contribution in [0.1, 0.15) is 19.3 Å². The van der Waals surface area contributed by atoms with Crippen molar-refractivity contribution >= 4 is 48.3 Å². The number of aromatic nitrogens is 1. The van der Waals surface area contributed by atoms with E-state index in [1.807, 2.05) is 12.1 Å². The van der Waals surface area contributed by atoms with E-state index in [1.54, 1.807) is 11.4 Å². The van der Waals surface area contributed by atoms with Gasteiger partial charge in [-0.05, 0) is 31.4 Å². The summed E-state index contributed by atoms with van der Waals surface area (Å²) in [5, 5.41) is 1.38. The Bertz CT molecular complexity index is 895. The van der Waals surface area contributed by atoms with E-state index in [0.29, 0.717) is 30.4 Å². The van der Waals surface area contributed by atoms with E-state index in [9.17, 15) is 8.42 Å². The van der Waals surface area contributed by atoms with Crippen LogP contribution in [0.3, 0.4) is 0 Å². The van der Waals surface area contributed by atoms with E-state index >= 15 is 0 Å². The summed E-state index contributed by atoms with van der Waals surface area (Å²) in [7, 11) is -1.49. The van der Waals surface area contributed by atoms with Crippen LogP contribution >= 0.6 is 22.9 Å². The van der Waals surface area contributed by atoms with Crippen LogP contribution in [0.2, 0.25) is 5.02 Å². The number of sulfonamides is 1. The van der Waals surface area contributed by atoms with Gasteiger partial charge >= 0.3 is 0 Å². The third-order valence-corrected chi connectivity index (χ3v) is 8.67. The first-order valence-electron chi connectivity index (χ1n) is 8.37. The number of ether oxygens (including phenoxy) is 1. The minimum atomic E-state index is -3.11. The van der Waals surface area contributed by atoms with E-state index in [-0.39, 0.29) is 5.25 Å². The molecule has 0 atom stereocenters. The number of anilines is 1. The zero-order chi connectivity index (χ0) is 17.6. The Hall–Kier alpha value is -1.09. The van der Waals surface area contributed by atoms with Gasteiger partial charge in [-0.2, -0.15) is 4.31 Å². The average molecular weight is 402 g/mol. The normalized spacial score (nSPS) is 20.0. The van der Waals surface area contributed by atoms with Gasteiger partial charge in [0, 0.05) is 26.2 Å². The monoisotopic (exact) mass is 401 g/mol. The molecule has 2 heterocycles. The molecular weight excluding hydrogens is 382 g/mol. The van der Waals surface area contributed by atoms with Gasteiger partial charge in [0.15, 0.2) is 5.13 Å². The molecule has 1 saturated carbocycles. The summed E-state index contributed by atoms with van der Waals surface area (Å²) in [4.78, 5) is 6.87. The van der Waals surface area contributed by atoms with Crippen LogP contribution in [-0.4, -0.2) is 56.2 Å². The maximum absolute atomic E-state index is 12.5. The number of fused-ring (bicyclic) bond motifs is 1. The average Bonchev–Trinajstić information content (AvgIpc) is 3.39. The maximum Gasteiger partial charge on any atom is 0.217 e. The van der Waals surface area contributed by atoms with Crippen LogP contribution in [0.4, 0.5) is 5.13 Å². The summed E-state index contributed by atoms with van der Waals surface area (Å²) in [5.41, 5.74) is 0.765. The maximum atomic E-state index is 12.5. The number of methoxy groups -OCH3 is 1. The van der Waals surface area contributed by atoms with Gasteiger partial charge in [-0.3, -0.25) is 0 Å². The van der Waals surface area contributed by atoms with Gasteiger partial charge in [0.2, 0.25) is 10.0 Å². The predicted octanol–water partition coefficient (Wildman–Crippen LogP) is 2.96. The summed E-state index contributed by atoms with van der Waals surface area (Å²) in [5.74, 6) is 0.703. The molecule has 0 spiro atoms. The Kier molecular flexibility index (Phi) is 4.56. The van der Waals surface area contributed by atoms with Crippen molar-refractivity contribution in [1.82, 2.24) is 9.29 Å². The van der Waals surface area contributed by atoms with Gasteiger partial charge in [-0.1, -0.05) is 22.9 Å². The Balaban J connectivity index is 1.58. The molecule has 1 aliphatic heterocycles. The first-order chi connectivity index (χ1) is 12.0. The molecule has 1 aliphatic carbocycles.